The molecule has 0 unspecified atom stereocenters. The van der Waals surface area contributed by atoms with Crippen LogP contribution in [0.15, 0.2) is 60.7 Å². The van der Waals surface area contributed by atoms with Crippen LogP contribution in [0.2, 0.25) is 0 Å². The Balaban J connectivity index is 0.00000192. The minimum absolute atomic E-state index is 0. The van der Waals surface area contributed by atoms with Crippen molar-refractivity contribution < 1.29 is 17.0 Å². The molecule has 124 valence electrons. The van der Waals surface area contributed by atoms with Crippen molar-refractivity contribution in [3.05, 3.63) is 71.8 Å². The molecule has 1 aliphatic rings. The van der Waals surface area contributed by atoms with Gasteiger partial charge in [0, 0.05) is 0 Å². The van der Waals surface area contributed by atoms with Gasteiger partial charge in [-0.3, -0.25) is 0 Å². The average molecular weight is 456 g/mol. The molecule has 2 aromatic rings. The predicted molar refractivity (Wildman–Crippen MR) is 103 cm³/mol. The fraction of sp³-hybridized carbons (Fsp3) is 0.400. The molecule has 0 nitrogen and oxygen atoms in total. The van der Waals surface area contributed by atoms with Gasteiger partial charge in [-0.1, -0.05) is 67.1 Å². The summed E-state index contributed by atoms with van der Waals surface area (Å²) in [7, 11) is 0. The molecule has 0 amide bonds. The van der Waals surface area contributed by atoms with Gasteiger partial charge in [-0.05, 0) is 36.8 Å². The third-order valence-electron chi connectivity index (χ3n) is 4.81. The molecule has 0 aromatic heterocycles. The molecule has 1 saturated carbocycles. The molecule has 0 atom stereocenters. The van der Waals surface area contributed by atoms with Gasteiger partial charge in [0.15, 0.2) is 0 Å². The molecule has 3 heteroatoms. The van der Waals surface area contributed by atoms with E-state index in [1.807, 2.05) is 0 Å². The maximum atomic E-state index is 4.33. The van der Waals surface area contributed by atoms with Crippen LogP contribution in [-0.4, -0.2) is 5.66 Å². The quantitative estimate of drug-likeness (QED) is 0.596. The van der Waals surface area contributed by atoms with Gasteiger partial charge in [0.05, 0.1) is 23.9 Å². The highest BCUT2D eigenvalue weighted by atomic mass is 79.9. The van der Waals surface area contributed by atoms with E-state index in [4.69, 9.17) is 0 Å². The maximum absolute atomic E-state index is 4.33. The topological polar surface area (TPSA) is 0 Å². The second-order valence-electron chi connectivity index (χ2n) is 6.50. The van der Waals surface area contributed by atoms with Crippen molar-refractivity contribution in [3.63, 3.8) is 0 Å². The monoisotopic (exact) mass is 454 g/mol. The fourth-order valence-corrected chi connectivity index (χ4v) is 10.2. The lowest BCUT2D eigenvalue weighted by Crippen LogP contribution is -3.00. The molecule has 0 bridgehead atoms. The van der Waals surface area contributed by atoms with E-state index >= 15 is 0 Å². The lowest BCUT2D eigenvalue weighted by molar-refractivity contribution is -0.00000442. The second-order valence-corrected chi connectivity index (χ2v) is 14.0. The fourth-order valence-electron chi connectivity index (χ4n) is 3.63. The molecule has 0 spiro atoms. The highest BCUT2D eigenvalue weighted by Gasteiger charge is 2.44. The standard InChI is InChI=1S/C20H25BrP.BrH/c21-22(20-14-8-3-9-15-20,16-18-10-4-1-5-11-18)17-19-12-6-2-7-13-19;/h1-2,4-7,10-13,20H,3,8-9,14-17H2;1H/q+1;/p-1. The molecular weight excluding hydrogens is 431 g/mol. The first-order chi connectivity index (χ1) is 10.8. The van der Waals surface area contributed by atoms with Gasteiger partial charge >= 0.3 is 0 Å². The van der Waals surface area contributed by atoms with Crippen LogP contribution in [0.1, 0.15) is 43.2 Å². The smallest absolute Gasteiger partial charge is 0.139 e. The zero-order valence-electron chi connectivity index (χ0n) is 13.5. The summed E-state index contributed by atoms with van der Waals surface area (Å²) in [4.78, 5) is 0. The minimum Gasteiger partial charge on any atom is -1.00 e. The van der Waals surface area contributed by atoms with Gasteiger partial charge in [-0.25, -0.2) is 0 Å². The van der Waals surface area contributed by atoms with E-state index in [0.717, 1.165) is 5.66 Å². The van der Waals surface area contributed by atoms with Crippen molar-refractivity contribution in [3.8, 4) is 0 Å². The van der Waals surface area contributed by atoms with Crippen molar-refractivity contribution in [1.29, 1.82) is 0 Å². The highest BCUT2D eigenvalue weighted by Crippen LogP contribution is 2.76. The van der Waals surface area contributed by atoms with E-state index in [-0.39, 0.29) is 17.0 Å². The third-order valence-corrected chi connectivity index (χ3v) is 11.7. The molecule has 2 aromatic carbocycles. The van der Waals surface area contributed by atoms with Crippen LogP contribution < -0.4 is 17.0 Å². The van der Waals surface area contributed by atoms with Gasteiger partial charge in [0.1, 0.15) is 15.5 Å². The predicted octanol–water partition coefficient (Wildman–Crippen LogP) is 4.05. The van der Waals surface area contributed by atoms with Crippen LogP contribution in [-0.2, 0) is 12.3 Å². The summed E-state index contributed by atoms with van der Waals surface area (Å²) >= 11 is 4.33. The van der Waals surface area contributed by atoms with Gasteiger partial charge in [-0.15, -0.1) is 0 Å². The van der Waals surface area contributed by atoms with Gasteiger partial charge in [0.2, 0.25) is 0 Å². The molecule has 0 heterocycles. The van der Waals surface area contributed by atoms with E-state index in [1.54, 1.807) is 0 Å². The van der Waals surface area contributed by atoms with E-state index in [9.17, 15) is 0 Å². The summed E-state index contributed by atoms with van der Waals surface area (Å²) in [5.41, 5.74) is 3.88. The third kappa shape index (κ3) is 5.41. The molecular formula is C20H25Br2P. The Bertz CT molecular complexity index is 523. The van der Waals surface area contributed by atoms with E-state index in [2.05, 4.69) is 76.2 Å². The molecule has 3 rings (SSSR count). The van der Waals surface area contributed by atoms with Gasteiger partial charge < -0.3 is 17.0 Å². The Labute approximate surface area is 159 Å². The Morgan fingerprint density at radius 2 is 1.17 bits per heavy atom. The van der Waals surface area contributed by atoms with Crippen LogP contribution in [0.25, 0.3) is 0 Å². The summed E-state index contributed by atoms with van der Waals surface area (Å²) in [6.45, 7) is 0. The van der Waals surface area contributed by atoms with Crippen molar-refractivity contribution in [1.82, 2.24) is 0 Å². The first-order valence-electron chi connectivity index (χ1n) is 8.40. The average Bonchev–Trinajstić information content (AvgIpc) is 2.57. The summed E-state index contributed by atoms with van der Waals surface area (Å²) in [6.07, 6.45) is 9.56. The Morgan fingerprint density at radius 3 is 1.61 bits per heavy atom. The summed E-state index contributed by atoms with van der Waals surface area (Å²) < 4.78 is 0. The molecule has 1 aliphatic carbocycles. The van der Waals surface area contributed by atoms with Crippen molar-refractivity contribution >= 4 is 21.5 Å². The van der Waals surface area contributed by atoms with Crippen molar-refractivity contribution in [2.24, 2.45) is 0 Å². The Morgan fingerprint density at radius 1 is 0.739 bits per heavy atom. The maximum Gasteiger partial charge on any atom is 0.139 e. The zero-order chi connectivity index (χ0) is 15.3. The van der Waals surface area contributed by atoms with Crippen LogP contribution in [0.3, 0.4) is 0 Å². The van der Waals surface area contributed by atoms with Crippen LogP contribution >= 0.6 is 21.5 Å². The summed E-state index contributed by atoms with van der Waals surface area (Å²) in [5.74, 6) is -1.18. The number of rotatable bonds is 5. The Hall–Kier alpha value is -0.170. The largest absolute Gasteiger partial charge is 1.00 e. The normalized spacial score (nSPS) is 15.9. The molecule has 0 aliphatic heterocycles. The van der Waals surface area contributed by atoms with Crippen molar-refractivity contribution in [2.45, 2.75) is 50.1 Å². The first kappa shape index (κ1) is 19.2. The lowest BCUT2D eigenvalue weighted by Gasteiger charge is -2.32. The summed E-state index contributed by atoms with van der Waals surface area (Å²) in [5, 5.41) is 0. The highest BCUT2D eigenvalue weighted by molar-refractivity contribution is 9.42. The van der Waals surface area contributed by atoms with E-state index < -0.39 is 5.96 Å². The molecule has 0 saturated heterocycles. The molecule has 0 radical (unpaired) electrons. The second kappa shape index (κ2) is 9.35. The Kier molecular flexibility index (Phi) is 7.79. The minimum atomic E-state index is -1.18. The molecule has 1 fully saturated rings. The number of hydrogen-bond donors (Lipinski definition) is 0. The molecule has 0 N–H and O–H groups in total. The van der Waals surface area contributed by atoms with Crippen molar-refractivity contribution in [2.75, 3.05) is 0 Å². The van der Waals surface area contributed by atoms with Gasteiger partial charge in [-0.2, -0.15) is 0 Å². The lowest BCUT2D eigenvalue weighted by atomic mass is 10.0. The first-order valence-corrected chi connectivity index (χ1v) is 12.7. The van der Waals surface area contributed by atoms with Crippen LogP contribution in [0.4, 0.5) is 0 Å². The van der Waals surface area contributed by atoms with Gasteiger partial charge in [0.25, 0.3) is 0 Å². The SMILES string of the molecule is Br[P+](Cc1ccccc1)(Cc1ccccc1)C1CCCCC1.[Br-]. The number of benzene rings is 2. The van der Waals surface area contributed by atoms with Crippen LogP contribution in [0, 0.1) is 0 Å². The van der Waals surface area contributed by atoms with E-state index in [0.29, 0.717) is 0 Å². The number of hydrogen-bond acceptors (Lipinski definition) is 0. The van der Waals surface area contributed by atoms with Crippen LogP contribution in [0.5, 0.6) is 0 Å². The molecule has 23 heavy (non-hydrogen) atoms. The van der Waals surface area contributed by atoms with E-state index in [1.165, 1.54) is 55.6 Å². The summed E-state index contributed by atoms with van der Waals surface area (Å²) in [6, 6.07) is 22.1. The zero-order valence-corrected chi connectivity index (χ0v) is 17.6. The number of halogens is 2.